The second-order valence-corrected chi connectivity index (χ2v) is 5.96. The van der Waals surface area contributed by atoms with Crippen LogP contribution in [-0.4, -0.2) is 29.3 Å². The van der Waals surface area contributed by atoms with Crippen molar-refractivity contribution < 1.29 is 18.8 Å². The number of hydrogen-bond acceptors (Lipinski definition) is 5. The van der Waals surface area contributed by atoms with Gasteiger partial charge in [-0.15, -0.1) is 0 Å². The van der Waals surface area contributed by atoms with Crippen LogP contribution in [0, 0.1) is 6.92 Å². The van der Waals surface area contributed by atoms with Gasteiger partial charge in [0.05, 0.1) is 5.69 Å². The number of benzene rings is 1. The van der Waals surface area contributed by atoms with Gasteiger partial charge >= 0.3 is 0 Å². The fourth-order valence-electron chi connectivity index (χ4n) is 2.67. The molecule has 0 aliphatic carbocycles. The van der Waals surface area contributed by atoms with Gasteiger partial charge in [0.15, 0.2) is 11.5 Å². The van der Waals surface area contributed by atoms with Gasteiger partial charge in [-0.1, -0.05) is 11.2 Å². The normalized spacial score (nSPS) is 12.5. The third-order valence-electron chi connectivity index (χ3n) is 4.07. The van der Waals surface area contributed by atoms with E-state index in [1.807, 2.05) is 32.0 Å². The quantitative estimate of drug-likeness (QED) is 0.799. The predicted octanol–water partition coefficient (Wildman–Crippen LogP) is 3.35. The van der Waals surface area contributed by atoms with E-state index in [9.17, 15) is 4.79 Å². The highest BCUT2D eigenvalue weighted by molar-refractivity contribution is 6.29. The number of halogens is 1. The number of amides is 1. The van der Waals surface area contributed by atoms with Gasteiger partial charge < -0.3 is 18.9 Å². The number of nitrogens with zero attached hydrogens (tertiary/aromatic N) is 2. The first kappa shape index (κ1) is 16.6. The molecular formula is C17H19ClN2O4. The molecule has 1 aliphatic heterocycles. The minimum absolute atomic E-state index is 0.0619. The second kappa shape index (κ2) is 7.13. The number of hydrogen-bond donors (Lipinski definition) is 0. The summed E-state index contributed by atoms with van der Waals surface area (Å²) in [6.45, 7) is 5.18. The van der Waals surface area contributed by atoms with Crippen LogP contribution < -0.4 is 9.47 Å². The molecular weight excluding hydrogens is 332 g/mol. The third kappa shape index (κ3) is 3.48. The Labute approximate surface area is 145 Å². The summed E-state index contributed by atoms with van der Waals surface area (Å²) in [5.41, 5.74) is 2.53. The molecule has 3 rings (SSSR count). The average molecular weight is 351 g/mol. The largest absolute Gasteiger partial charge is 0.454 e. The highest BCUT2D eigenvalue weighted by Gasteiger charge is 2.18. The van der Waals surface area contributed by atoms with Crippen LogP contribution in [0.5, 0.6) is 11.5 Å². The molecule has 2 heterocycles. The molecule has 1 aliphatic rings. The second-order valence-electron chi connectivity index (χ2n) is 5.62. The lowest BCUT2D eigenvalue weighted by atomic mass is 10.1. The van der Waals surface area contributed by atoms with Crippen molar-refractivity contribution in [1.82, 2.24) is 10.1 Å². The van der Waals surface area contributed by atoms with Gasteiger partial charge in [-0.2, -0.15) is 0 Å². The molecule has 1 aromatic heterocycles. The lowest BCUT2D eigenvalue weighted by Gasteiger charge is -2.21. The smallest absolute Gasteiger partial charge is 0.231 e. The first-order chi connectivity index (χ1) is 11.6. The molecule has 0 unspecified atom stereocenters. The van der Waals surface area contributed by atoms with Crippen LogP contribution in [0.15, 0.2) is 22.7 Å². The molecule has 7 heteroatoms. The van der Waals surface area contributed by atoms with Crippen molar-refractivity contribution in [3.05, 3.63) is 40.2 Å². The van der Waals surface area contributed by atoms with E-state index in [-0.39, 0.29) is 17.9 Å². The monoisotopic (exact) mass is 350 g/mol. The zero-order valence-electron chi connectivity index (χ0n) is 13.7. The summed E-state index contributed by atoms with van der Waals surface area (Å²) in [5, 5.41) is 4.07. The van der Waals surface area contributed by atoms with Crippen molar-refractivity contribution in [1.29, 1.82) is 0 Å². The van der Waals surface area contributed by atoms with E-state index in [0.717, 1.165) is 28.3 Å². The molecule has 0 saturated heterocycles. The Balaban J connectivity index is 1.62. The summed E-state index contributed by atoms with van der Waals surface area (Å²) in [6, 6.07) is 5.74. The maximum atomic E-state index is 12.5. The Morgan fingerprint density at radius 3 is 2.83 bits per heavy atom. The van der Waals surface area contributed by atoms with Gasteiger partial charge in [-0.3, -0.25) is 4.79 Å². The van der Waals surface area contributed by atoms with E-state index in [0.29, 0.717) is 25.9 Å². The van der Waals surface area contributed by atoms with Gasteiger partial charge in [-0.25, -0.2) is 0 Å². The Kier molecular flexibility index (Phi) is 4.94. The average Bonchev–Trinajstić information content (AvgIpc) is 3.17. The predicted molar refractivity (Wildman–Crippen MR) is 88.2 cm³/mol. The fourth-order valence-corrected chi connectivity index (χ4v) is 2.93. The summed E-state index contributed by atoms with van der Waals surface area (Å²) in [4.78, 5) is 14.3. The van der Waals surface area contributed by atoms with E-state index in [1.54, 1.807) is 4.90 Å². The lowest BCUT2D eigenvalue weighted by Crippen LogP contribution is -2.30. The number of carbonyl (C=O) groups is 1. The zero-order valence-corrected chi connectivity index (χ0v) is 14.4. The summed E-state index contributed by atoms with van der Waals surface area (Å²) in [5.74, 6) is 1.53. The van der Waals surface area contributed by atoms with Crippen molar-refractivity contribution in [2.45, 2.75) is 33.2 Å². The Morgan fingerprint density at radius 2 is 2.12 bits per heavy atom. The van der Waals surface area contributed by atoms with Crippen molar-refractivity contribution in [2.24, 2.45) is 0 Å². The number of aromatic nitrogens is 1. The maximum Gasteiger partial charge on any atom is 0.231 e. The zero-order chi connectivity index (χ0) is 17.1. The minimum Gasteiger partial charge on any atom is -0.454 e. The summed E-state index contributed by atoms with van der Waals surface area (Å²) in [6.07, 6.45) is 0.880. The number of rotatable bonds is 6. The molecule has 0 fully saturated rings. The number of fused-ring (bicyclic) bond motifs is 1. The molecule has 1 amide bonds. The molecule has 0 radical (unpaired) electrons. The Bertz CT molecular complexity index is 725. The van der Waals surface area contributed by atoms with E-state index in [1.165, 1.54) is 0 Å². The van der Waals surface area contributed by atoms with Crippen molar-refractivity contribution >= 4 is 17.5 Å². The van der Waals surface area contributed by atoms with Crippen LogP contribution in [0.2, 0.25) is 5.22 Å². The summed E-state index contributed by atoms with van der Waals surface area (Å²) in [7, 11) is 0. The maximum absolute atomic E-state index is 12.5. The van der Waals surface area contributed by atoms with E-state index in [2.05, 4.69) is 5.16 Å². The SMILES string of the molecule is CCN(Cc1ccc2c(c1)OCO2)C(=O)CCc1c(C)noc1Cl. The Morgan fingerprint density at radius 1 is 1.33 bits per heavy atom. The van der Waals surface area contributed by atoms with Gasteiger partial charge in [0, 0.05) is 25.1 Å². The first-order valence-electron chi connectivity index (χ1n) is 7.85. The molecule has 0 atom stereocenters. The molecule has 0 spiro atoms. The number of carbonyl (C=O) groups excluding carboxylic acids is 1. The van der Waals surface area contributed by atoms with Crippen LogP contribution in [-0.2, 0) is 17.8 Å². The molecule has 6 nitrogen and oxygen atoms in total. The molecule has 0 bridgehead atoms. The standard InChI is InChI=1S/C17H19ClN2O4/c1-3-20(9-12-4-6-14-15(8-12)23-10-22-14)16(21)7-5-13-11(2)19-24-17(13)18/h4,6,8H,3,5,7,9-10H2,1-2H3. The lowest BCUT2D eigenvalue weighted by molar-refractivity contribution is -0.131. The highest BCUT2D eigenvalue weighted by atomic mass is 35.5. The van der Waals surface area contributed by atoms with Gasteiger partial charge in [0.25, 0.3) is 0 Å². The molecule has 1 aromatic carbocycles. The van der Waals surface area contributed by atoms with Crippen molar-refractivity contribution in [2.75, 3.05) is 13.3 Å². The van der Waals surface area contributed by atoms with Crippen LogP contribution in [0.4, 0.5) is 0 Å². The van der Waals surface area contributed by atoms with Crippen LogP contribution in [0.1, 0.15) is 30.2 Å². The topological polar surface area (TPSA) is 64.8 Å². The highest BCUT2D eigenvalue weighted by Crippen LogP contribution is 2.32. The molecule has 2 aromatic rings. The molecule has 24 heavy (non-hydrogen) atoms. The molecule has 128 valence electrons. The van der Waals surface area contributed by atoms with E-state index in [4.69, 9.17) is 25.6 Å². The Hall–Kier alpha value is -2.21. The van der Waals surface area contributed by atoms with Crippen LogP contribution >= 0.6 is 11.6 Å². The van der Waals surface area contributed by atoms with E-state index >= 15 is 0 Å². The van der Waals surface area contributed by atoms with Crippen molar-refractivity contribution in [3.63, 3.8) is 0 Å². The fraction of sp³-hybridized carbons (Fsp3) is 0.412. The third-order valence-corrected chi connectivity index (χ3v) is 4.37. The molecule has 0 N–H and O–H groups in total. The van der Waals surface area contributed by atoms with Gasteiger partial charge in [0.1, 0.15) is 0 Å². The number of ether oxygens (including phenoxy) is 2. The number of aryl methyl sites for hydroxylation is 1. The van der Waals surface area contributed by atoms with Crippen molar-refractivity contribution in [3.8, 4) is 11.5 Å². The summed E-state index contributed by atoms with van der Waals surface area (Å²) >= 11 is 5.95. The van der Waals surface area contributed by atoms with Gasteiger partial charge in [-0.05, 0) is 49.6 Å². The van der Waals surface area contributed by atoms with E-state index < -0.39 is 0 Å². The summed E-state index contributed by atoms with van der Waals surface area (Å²) < 4.78 is 15.6. The first-order valence-corrected chi connectivity index (χ1v) is 8.23. The van der Waals surface area contributed by atoms with Crippen LogP contribution in [0.3, 0.4) is 0 Å². The van der Waals surface area contributed by atoms with Gasteiger partial charge in [0.2, 0.25) is 17.9 Å². The van der Waals surface area contributed by atoms with Crippen LogP contribution in [0.25, 0.3) is 0 Å². The minimum atomic E-state index is 0.0619. The molecule has 0 saturated carbocycles.